The fraction of sp³-hybridized carbons (Fsp3) is 0.519. The first-order valence-electron chi connectivity index (χ1n) is 13.0. The van der Waals surface area contributed by atoms with Gasteiger partial charge in [0.05, 0.1) is 17.9 Å². The Balaban J connectivity index is 1.61. The minimum absolute atomic E-state index is 0.0652. The number of rotatable bonds is 11. The monoisotopic (exact) mass is 553 g/mol. The zero-order chi connectivity index (χ0) is 28.6. The molecule has 0 radical (unpaired) electrons. The lowest BCUT2D eigenvalue weighted by molar-refractivity contribution is -0.136. The summed E-state index contributed by atoms with van der Waals surface area (Å²) in [6.07, 6.45) is 2.26. The maximum Gasteiger partial charge on any atom is 0.328 e. The Morgan fingerprint density at radius 3 is 2.70 bits per heavy atom. The van der Waals surface area contributed by atoms with E-state index >= 15 is 0 Å². The van der Waals surface area contributed by atoms with Crippen molar-refractivity contribution in [1.29, 1.82) is 5.26 Å². The van der Waals surface area contributed by atoms with Gasteiger partial charge in [0.15, 0.2) is 0 Å². The van der Waals surface area contributed by atoms with Crippen LogP contribution in [0.3, 0.4) is 0 Å². The number of aryl methyl sites for hydroxylation is 1. The third kappa shape index (κ3) is 6.31. The highest BCUT2D eigenvalue weighted by Gasteiger charge is 2.34. The van der Waals surface area contributed by atoms with Gasteiger partial charge in [-0.3, -0.25) is 15.0 Å². The summed E-state index contributed by atoms with van der Waals surface area (Å²) in [6, 6.07) is 5.28. The van der Waals surface area contributed by atoms with Crippen molar-refractivity contribution in [2.24, 2.45) is 0 Å². The molecule has 3 amide bonds. The van der Waals surface area contributed by atoms with E-state index in [1.165, 1.54) is 27.5 Å². The molecule has 13 nitrogen and oxygen atoms in total. The number of nitrogens with zero attached hydrogens (tertiary/aromatic N) is 5. The molecular formula is C27H35N7O6. The number of nitriles is 1. The third-order valence-corrected chi connectivity index (χ3v) is 6.95. The van der Waals surface area contributed by atoms with Gasteiger partial charge in [0.2, 0.25) is 6.29 Å². The van der Waals surface area contributed by atoms with Crippen LogP contribution in [-0.2, 0) is 36.7 Å². The van der Waals surface area contributed by atoms with E-state index in [1.807, 2.05) is 6.07 Å². The lowest BCUT2D eigenvalue weighted by Gasteiger charge is -2.31. The third-order valence-electron chi connectivity index (χ3n) is 6.95. The van der Waals surface area contributed by atoms with Crippen molar-refractivity contribution in [3.05, 3.63) is 40.7 Å². The maximum atomic E-state index is 13.5. The van der Waals surface area contributed by atoms with Crippen LogP contribution in [0.2, 0.25) is 0 Å². The molecule has 2 aromatic rings. The minimum atomic E-state index is -0.788. The second kappa shape index (κ2) is 13.5. The molecule has 4 rings (SSSR count). The fourth-order valence-corrected chi connectivity index (χ4v) is 4.92. The van der Waals surface area contributed by atoms with Crippen molar-refractivity contribution < 1.29 is 28.5 Å². The molecule has 0 aliphatic carbocycles. The van der Waals surface area contributed by atoms with Crippen LogP contribution in [0.1, 0.15) is 41.5 Å². The summed E-state index contributed by atoms with van der Waals surface area (Å²) in [6.45, 7) is 2.31. The Hall–Kier alpha value is -3.83. The predicted octanol–water partition coefficient (Wildman–Crippen LogP) is 2.43. The van der Waals surface area contributed by atoms with Crippen molar-refractivity contribution in [1.82, 2.24) is 14.9 Å². The Morgan fingerprint density at radius 2 is 2.02 bits per heavy atom. The topological polar surface area (TPSA) is 151 Å². The molecule has 2 aliphatic heterocycles. The number of carbonyl (C=O) groups is 2. The van der Waals surface area contributed by atoms with Gasteiger partial charge in [-0.15, -0.1) is 0 Å². The fourth-order valence-electron chi connectivity index (χ4n) is 4.92. The molecule has 13 heteroatoms. The number of nitrogens with one attached hydrogen (secondary N) is 2. The SMILES string of the molecule is COCCNc1cc(NC(=O)N2CCCc3cc(CN4CCC(OC)C4=O)c(C(OC)OC)nc32)ncc1C#N. The first-order chi connectivity index (χ1) is 19.4. The van der Waals surface area contributed by atoms with Gasteiger partial charge in [-0.2, -0.15) is 5.26 Å². The van der Waals surface area contributed by atoms with Gasteiger partial charge >= 0.3 is 6.03 Å². The molecule has 0 saturated carbocycles. The predicted molar refractivity (Wildman–Crippen MR) is 146 cm³/mol. The van der Waals surface area contributed by atoms with Gasteiger partial charge < -0.3 is 29.2 Å². The second-order valence-electron chi connectivity index (χ2n) is 9.42. The van der Waals surface area contributed by atoms with E-state index in [-0.39, 0.29) is 5.91 Å². The number of amides is 3. The standard InChI is InChI=1S/C27H35N7O6/c1-37-11-8-29-20-13-22(30-15-19(20)14-28)31-27(36)34-9-5-6-17-12-18(16-33-10-7-21(38-2)25(33)35)23(32-24(17)34)26(39-3)40-4/h12-13,15,21,26H,5-11,16H2,1-4H3,(H2,29,30,31,36). The van der Waals surface area contributed by atoms with Crippen LogP contribution >= 0.6 is 0 Å². The van der Waals surface area contributed by atoms with Gasteiger partial charge in [0.25, 0.3) is 5.91 Å². The van der Waals surface area contributed by atoms with E-state index < -0.39 is 18.4 Å². The van der Waals surface area contributed by atoms with Crippen molar-refractivity contribution in [3.8, 4) is 6.07 Å². The maximum absolute atomic E-state index is 13.5. The van der Waals surface area contributed by atoms with Crippen LogP contribution in [0.5, 0.6) is 0 Å². The van der Waals surface area contributed by atoms with Crippen molar-refractivity contribution in [3.63, 3.8) is 0 Å². The molecule has 0 aromatic carbocycles. The second-order valence-corrected chi connectivity index (χ2v) is 9.42. The number of likely N-dealkylation sites (tertiary alicyclic amines) is 1. The Labute approximate surface area is 233 Å². The summed E-state index contributed by atoms with van der Waals surface area (Å²) in [5.41, 5.74) is 3.08. The summed E-state index contributed by atoms with van der Waals surface area (Å²) in [4.78, 5) is 38.6. The quantitative estimate of drug-likeness (QED) is 0.314. The number of methoxy groups -OCH3 is 4. The first-order valence-corrected chi connectivity index (χ1v) is 13.0. The summed E-state index contributed by atoms with van der Waals surface area (Å²) >= 11 is 0. The Morgan fingerprint density at radius 1 is 1.23 bits per heavy atom. The number of fused-ring (bicyclic) bond motifs is 1. The number of pyridine rings is 2. The number of urea groups is 1. The van der Waals surface area contributed by atoms with Crippen LogP contribution in [0.15, 0.2) is 18.3 Å². The van der Waals surface area contributed by atoms with Crippen LogP contribution < -0.4 is 15.5 Å². The zero-order valence-corrected chi connectivity index (χ0v) is 23.2. The van der Waals surface area contributed by atoms with Crippen molar-refractivity contribution in [2.75, 3.05) is 70.2 Å². The van der Waals surface area contributed by atoms with Gasteiger partial charge in [-0.25, -0.2) is 14.8 Å². The molecule has 1 atom stereocenters. The molecule has 2 N–H and O–H groups in total. The number of carbonyl (C=O) groups excluding carboxylic acids is 2. The number of hydrogen-bond acceptors (Lipinski definition) is 10. The van der Waals surface area contributed by atoms with E-state index in [9.17, 15) is 14.9 Å². The summed E-state index contributed by atoms with van der Waals surface area (Å²) < 4.78 is 21.4. The molecule has 1 fully saturated rings. The lowest BCUT2D eigenvalue weighted by Crippen LogP contribution is -2.40. The molecule has 1 saturated heterocycles. The van der Waals surface area contributed by atoms with Crippen LogP contribution in [0.25, 0.3) is 0 Å². The average molecular weight is 554 g/mol. The van der Waals surface area contributed by atoms with Gasteiger partial charge in [0.1, 0.15) is 29.5 Å². The highest BCUT2D eigenvalue weighted by molar-refractivity contribution is 6.01. The molecule has 1 unspecified atom stereocenters. The highest BCUT2D eigenvalue weighted by atomic mass is 16.7. The normalized spacial score (nSPS) is 16.7. The smallest absolute Gasteiger partial charge is 0.328 e. The van der Waals surface area contributed by atoms with Crippen LogP contribution in [0.4, 0.5) is 22.1 Å². The van der Waals surface area contributed by atoms with Crippen molar-refractivity contribution in [2.45, 2.75) is 38.2 Å². The number of ether oxygens (including phenoxy) is 4. The molecule has 2 aromatic heterocycles. The Bertz CT molecular complexity index is 1260. The van der Waals surface area contributed by atoms with E-state index in [4.69, 9.17) is 23.9 Å². The number of anilines is 3. The summed E-state index contributed by atoms with van der Waals surface area (Å²) in [5.74, 6) is 0.723. The van der Waals surface area contributed by atoms with Crippen molar-refractivity contribution >= 4 is 29.3 Å². The molecule has 2 aliphatic rings. The molecule has 4 heterocycles. The van der Waals surface area contributed by atoms with Gasteiger partial charge in [-0.1, -0.05) is 0 Å². The zero-order valence-electron chi connectivity index (χ0n) is 23.2. The van der Waals surface area contributed by atoms with Gasteiger partial charge in [0, 0.05) is 73.3 Å². The summed E-state index contributed by atoms with van der Waals surface area (Å²) in [7, 11) is 6.16. The van der Waals surface area contributed by atoms with Crippen LogP contribution in [0, 0.1) is 11.3 Å². The Kier molecular flexibility index (Phi) is 9.84. The molecule has 214 valence electrons. The number of hydrogen-bond donors (Lipinski definition) is 2. The molecular weight excluding hydrogens is 518 g/mol. The van der Waals surface area contributed by atoms with Gasteiger partial charge in [-0.05, 0) is 30.0 Å². The molecule has 0 spiro atoms. The molecule has 40 heavy (non-hydrogen) atoms. The van der Waals surface area contributed by atoms with E-state index in [1.54, 1.807) is 23.0 Å². The van der Waals surface area contributed by atoms with E-state index in [0.717, 1.165) is 24.0 Å². The first kappa shape index (κ1) is 29.2. The largest absolute Gasteiger partial charge is 0.383 e. The lowest BCUT2D eigenvalue weighted by atomic mass is 10.0. The van der Waals surface area contributed by atoms with E-state index in [0.29, 0.717) is 67.8 Å². The molecule has 0 bridgehead atoms. The highest BCUT2D eigenvalue weighted by Crippen LogP contribution is 2.33. The summed E-state index contributed by atoms with van der Waals surface area (Å²) in [5, 5.41) is 15.4. The minimum Gasteiger partial charge on any atom is -0.383 e. The number of aromatic nitrogens is 2. The van der Waals surface area contributed by atoms with E-state index in [2.05, 4.69) is 21.7 Å². The van der Waals surface area contributed by atoms with Crippen LogP contribution in [-0.4, -0.2) is 87.6 Å². The average Bonchev–Trinajstić information content (AvgIpc) is 3.32.